The highest BCUT2D eigenvalue weighted by Crippen LogP contribution is 2.21. The second kappa shape index (κ2) is 7.34. The Kier molecular flexibility index (Phi) is 4.73. The normalized spacial score (nSPS) is 15.0. The van der Waals surface area contributed by atoms with E-state index in [9.17, 15) is 14.4 Å². The van der Waals surface area contributed by atoms with Gasteiger partial charge in [-0.05, 0) is 19.1 Å². The highest BCUT2D eigenvalue weighted by Gasteiger charge is 2.26. The first-order valence-electron chi connectivity index (χ1n) is 9.10. The molecule has 1 fully saturated rings. The first-order valence-corrected chi connectivity index (χ1v) is 9.10. The minimum absolute atomic E-state index is 0.0411. The van der Waals surface area contributed by atoms with Crippen LogP contribution in [-0.2, 0) is 0 Å². The van der Waals surface area contributed by atoms with Crippen molar-refractivity contribution in [3.05, 3.63) is 74.6 Å². The van der Waals surface area contributed by atoms with Gasteiger partial charge < -0.3 is 18.5 Å². The fourth-order valence-corrected chi connectivity index (χ4v) is 3.38. The Morgan fingerprint density at radius 3 is 2.57 bits per heavy atom. The number of rotatable bonds is 3. The van der Waals surface area contributed by atoms with E-state index in [1.165, 1.54) is 12.1 Å². The van der Waals surface area contributed by atoms with E-state index in [4.69, 9.17) is 13.6 Å². The minimum atomic E-state index is -0.450. The number of hydrogen-bond acceptors (Lipinski definition) is 6. The Hall–Kier alpha value is -3.35. The van der Waals surface area contributed by atoms with Crippen molar-refractivity contribution in [2.45, 2.75) is 25.9 Å². The Bertz CT molecular complexity index is 1140. The lowest BCUT2D eigenvalue weighted by Gasteiger charge is -2.31. The van der Waals surface area contributed by atoms with Crippen molar-refractivity contribution < 1.29 is 18.4 Å². The molecule has 1 aromatic carbocycles. The summed E-state index contributed by atoms with van der Waals surface area (Å²) in [4.78, 5) is 38.0. The first kappa shape index (κ1) is 18.0. The summed E-state index contributed by atoms with van der Waals surface area (Å²) in [6.07, 6.45) is 1.12. The number of amides is 1. The molecule has 1 saturated heterocycles. The molecule has 144 valence electrons. The van der Waals surface area contributed by atoms with Gasteiger partial charge in [0, 0.05) is 38.1 Å². The van der Waals surface area contributed by atoms with Crippen LogP contribution >= 0.6 is 0 Å². The molecule has 4 rings (SSSR count). The third-order valence-electron chi connectivity index (χ3n) is 4.74. The summed E-state index contributed by atoms with van der Waals surface area (Å²) in [5.74, 6) is 0.692. The van der Waals surface area contributed by atoms with E-state index in [1.54, 1.807) is 42.2 Å². The van der Waals surface area contributed by atoms with Crippen molar-refractivity contribution in [2.75, 3.05) is 13.1 Å². The van der Waals surface area contributed by atoms with E-state index in [2.05, 4.69) is 0 Å². The number of fused-ring (bicyclic) bond motifs is 1. The molecule has 0 saturated carbocycles. The van der Waals surface area contributed by atoms with Gasteiger partial charge in [-0.2, -0.15) is 0 Å². The maximum absolute atomic E-state index is 12.7. The standard InChI is InChI=1S/C21H19NO6/c1-13-10-15(11-20(24)26-13)27-14-6-8-22(9-7-14)21(25)19-12-17(23)16-4-2-3-5-18(16)28-19/h2-5,10-12,14H,6-9H2,1H3. The summed E-state index contributed by atoms with van der Waals surface area (Å²) >= 11 is 0. The number of carbonyl (C=O) groups excluding carboxylic acids is 1. The van der Waals surface area contributed by atoms with Crippen LogP contribution in [0.25, 0.3) is 11.0 Å². The molecular weight excluding hydrogens is 362 g/mol. The largest absolute Gasteiger partial charge is 0.490 e. The van der Waals surface area contributed by atoms with Gasteiger partial charge in [0.1, 0.15) is 23.2 Å². The Morgan fingerprint density at radius 1 is 1.07 bits per heavy atom. The van der Waals surface area contributed by atoms with Crippen LogP contribution in [0.5, 0.6) is 5.75 Å². The van der Waals surface area contributed by atoms with Gasteiger partial charge in [-0.1, -0.05) is 12.1 Å². The Labute approximate surface area is 160 Å². The molecular formula is C21H19NO6. The third-order valence-corrected chi connectivity index (χ3v) is 4.74. The van der Waals surface area contributed by atoms with Crippen LogP contribution in [0.4, 0.5) is 0 Å². The zero-order valence-corrected chi connectivity index (χ0v) is 15.3. The molecule has 7 nitrogen and oxygen atoms in total. The summed E-state index contributed by atoms with van der Waals surface area (Å²) in [5, 5.41) is 0.453. The number of piperidine rings is 1. The van der Waals surface area contributed by atoms with Gasteiger partial charge in [-0.3, -0.25) is 9.59 Å². The van der Waals surface area contributed by atoms with E-state index in [-0.39, 0.29) is 23.2 Å². The smallest absolute Gasteiger partial charge is 0.339 e. The molecule has 28 heavy (non-hydrogen) atoms. The number of hydrogen-bond donors (Lipinski definition) is 0. The maximum Gasteiger partial charge on any atom is 0.339 e. The van der Waals surface area contributed by atoms with Crippen molar-refractivity contribution in [1.29, 1.82) is 0 Å². The van der Waals surface area contributed by atoms with Gasteiger partial charge in [-0.25, -0.2) is 4.79 Å². The number of likely N-dealkylation sites (tertiary alicyclic amines) is 1. The molecule has 0 aliphatic carbocycles. The molecule has 0 N–H and O–H groups in total. The minimum Gasteiger partial charge on any atom is -0.490 e. The highest BCUT2D eigenvalue weighted by atomic mass is 16.5. The summed E-state index contributed by atoms with van der Waals surface area (Å²) in [6, 6.07) is 11.1. The molecule has 1 amide bonds. The molecule has 3 heterocycles. The predicted octanol–water partition coefficient (Wildman–Crippen LogP) is 2.74. The van der Waals surface area contributed by atoms with Gasteiger partial charge in [0.05, 0.1) is 11.5 Å². The number of aryl methyl sites for hydroxylation is 1. The monoisotopic (exact) mass is 381 g/mol. The van der Waals surface area contributed by atoms with Crippen LogP contribution in [0.3, 0.4) is 0 Å². The fourth-order valence-electron chi connectivity index (χ4n) is 3.38. The van der Waals surface area contributed by atoms with Crippen LogP contribution in [0.2, 0.25) is 0 Å². The number of ether oxygens (including phenoxy) is 1. The average Bonchev–Trinajstić information content (AvgIpc) is 2.67. The van der Waals surface area contributed by atoms with Crippen molar-refractivity contribution >= 4 is 16.9 Å². The van der Waals surface area contributed by atoms with Gasteiger partial charge >= 0.3 is 5.63 Å². The molecule has 0 atom stereocenters. The van der Waals surface area contributed by atoms with Crippen LogP contribution in [0.1, 0.15) is 29.2 Å². The second-order valence-corrected chi connectivity index (χ2v) is 6.80. The molecule has 0 unspecified atom stereocenters. The summed E-state index contributed by atoms with van der Waals surface area (Å²) in [5.41, 5.74) is -0.287. The molecule has 0 radical (unpaired) electrons. The maximum atomic E-state index is 12.7. The number of para-hydroxylation sites is 1. The average molecular weight is 381 g/mol. The van der Waals surface area contributed by atoms with E-state index >= 15 is 0 Å². The Balaban J connectivity index is 1.44. The van der Waals surface area contributed by atoms with E-state index in [0.29, 0.717) is 48.4 Å². The lowest BCUT2D eigenvalue weighted by Crippen LogP contribution is -2.42. The Morgan fingerprint density at radius 2 is 1.82 bits per heavy atom. The predicted molar refractivity (Wildman–Crippen MR) is 102 cm³/mol. The van der Waals surface area contributed by atoms with Crippen LogP contribution in [0.15, 0.2) is 60.9 Å². The van der Waals surface area contributed by atoms with Crippen LogP contribution in [-0.4, -0.2) is 30.0 Å². The molecule has 1 aliphatic rings. The summed E-state index contributed by atoms with van der Waals surface area (Å²) in [6.45, 7) is 2.63. The molecule has 3 aromatic rings. The van der Waals surface area contributed by atoms with E-state index in [0.717, 1.165) is 0 Å². The topological polar surface area (TPSA) is 90.0 Å². The van der Waals surface area contributed by atoms with Crippen molar-refractivity contribution in [3.63, 3.8) is 0 Å². The fraction of sp³-hybridized carbons (Fsp3) is 0.286. The molecule has 2 aromatic heterocycles. The molecule has 1 aliphatic heterocycles. The lowest BCUT2D eigenvalue weighted by atomic mass is 10.1. The van der Waals surface area contributed by atoms with Crippen LogP contribution in [0, 0.1) is 6.92 Å². The van der Waals surface area contributed by atoms with E-state index < -0.39 is 5.63 Å². The second-order valence-electron chi connectivity index (χ2n) is 6.80. The van der Waals surface area contributed by atoms with Gasteiger partial charge in [0.2, 0.25) is 0 Å². The SMILES string of the molecule is Cc1cc(OC2CCN(C(=O)c3cc(=O)c4ccccc4o3)CC2)cc(=O)o1. The molecule has 0 bridgehead atoms. The van der Waals surface area contributed by atoms with Crippen LogP contribution < -0.4 is 15.8 Å². The van der Waals surface area contributed by atoms with Gasteiger partial charge in [0.25, 0.3) is 5.91 Å². The lowest BCUT2D eigenvalue weighted by molar-refractivity contribution is 0.0566. The highest BCUT2D eigenvalue weighted by molar-refractivity contribution is 5.93. The quantitative estimate of drug-likeness (QED) is 0.693. The molecule has 7 heteroatoms. The first-order chi connectivity index (χ1) is 13.5. The zero-order valence-electron chi connectivity index (χ0n) is 15.3. The van der Waals surface area contributed by atoms with Crippen molar-refractivity contribution in [3.8, 4) is 5.75 Å². The number of benzene rings is 1. The molecule has 0 spiro atoms. The van der Waals surface area contributed by atoms with Crippen molar-refractivity contribution in [1.82, 2.24) is 4.90 Å². The van der Waals surface area contributed by atoms with E-state index in [1.807, 2.05) is 0 Å². The summed E-state index contributed by atoms with van der Waals surface area (Å²) < 4.78 is 16.4. The van der Waals surface area contributed by atoms with Gasteiger partial charge in [0.15, 0.2) is 11.2 Å². The van der Waals surface area contributed by atoms with Crippen molar-refractivity contribution in [2.24, 2.45) is 0 Å². The van der Waals surface area contributed by atoms with Gasteiger partial charge in [-0.15, -0.1) is 0 Å². The number of carbonyl (C=O) groups is 1. The zero-order chi connectivity index (χ0) is 19.7. The number of nitrogens with zero attached hydrogens (tertiary/aromatic N) is 1. The summed E-state index contributed by atoms with van der Waals surface area (Å²) in [7, 11) is 0. The third kappa shape index (κ3) is 3.69.